The molecule has 0 amide bonds. The summed E-state index contributed by atoms with van der Waals surface area (Å²) in [5, 5.41) is 2.75. The van der Waals surface area contributed by atoms with E-state index in [0.29, 0.717) is 0 Å². The second-order valence-corrected chi connectivity index (χ2v) is 8.22. The summed E-state index contributed by atoms with van der Waals surface area (Å²) in [5.41, 5.74) is 5.57. The molecular weight excluding hydrogens is 302 g/mol. The van der Waals surface area contributed by atoms with Crippen molar-refractivity contribution in [2.24, 2.45) is 18.9 Å². The van der Waals surface area contributed by atoms with E-state index in [2.05, 4.69) is 73.3 Å². The van der Waals surface area contributed by atoms with Crippen molar-refractivity contribution in [1.82, 2.24) is 0 Å². The van der Waals surface area contributed by atoms with Crippen LogP contribution in [0.25, 0.3) is 22.0 Å². The summed E-state index contributed by atoms with van der Waals surface area (Å²) >= 11 is 0. The Kier molecular flexibility index (Phi) is 3.45. The van der Waals surface area contributed by atoms with E-state index in [1.165, 1.54) is 53.3 Å². The average molecular weight is 328 g/mol. The second kappa shape index (κ2) is 5.69. The van der Waals surface area contributed by atoms with Gasteiger partial charge in [0, 0.05) is 11.6 Å². The van der Waals surface area contributed by atoms with Crippen LogP contribution in [-0.2, 0) is 7.05 Å². The van der Waals surface area contributed by atoms with Gasteiger partial charge in [0.2, 0.25) is 5.69 Å². The van der Waals surface area contributed by atoms with E-state index >= 15 is 0 Å². The molecule has 0 N–H and O–H groups in total. The van der Waals surface area contributed by atoms with Gasteiger partial charge in [0.1, 0.15) is 7.05 Å². The topological polar surface area (TPSA) is 3.88 Å². The van der Waals surface area contributed by atoms with Crippen LogP contribution < -0.4 is 4.57 Å². The Bertz CT molecular complexity index is 955. The van der Waals surface area contributed by atoms with Gasteiger partial charge < -0.3 is 0 Å². The molecular formula is C24H26N+. The third kappa shape index (κ3) is 2.40. The average Bonchev–Trinajstić information content (AvgIpc) is 3.26. The minimum atomic E-state index is 0.805. The van der Waals surface area contributed by atoms with Crippen molar-refractivity contribution in [2.45, 2.75) is 38.5 Å². The lowest BCUT2D eigenvalue weighted by molar-refractivity contribution is -0.659. The number of aromatic nitrogens is 1. The van der Waals surface area contributed by atoms with Crippen LogP contribution in [0.2, 0.25) is 0 Å². The Balaban J connectivity index is 1.65. The van der Waals surface area contributed by atoms with Gasteiger partial charge in [-0.05, 0) is 72.6 Å². The standard InChI is InChI=1S/C24H26N/c1-16-5-3-4-6-21(16)24-22-10-9-19(15-20(22)11-12-25(24)2)23-14-17-7-8-18(23)13-17/h3-6,9-12,15,17-18,23H,7-8,13-14H2,1-2H3/q+1. The molecule has 5 rings (SSSR count). The number of hydrogen-bond acceptors (Lipinski definition) is 0. The summed E-state index contributed by atoms with van der Waals surface area (Å²) in [6.45, 7) is 2.21. The van der Waals surface area contributed by atoms with Gasteiger partial charge >= 0.3 is 0 Å². The van der Waals surface area contributed by atoms with Crippen molar-refractivity contribution < 1.29 is 4.57 Å². The molecule has 126 valence electrons. The maximum absolute atomic E-state index is 2.47. The molecule has 3 atom stereocenters. The predicted molar refractivity (Wildman–Crippen MR) is 103 cm³/mol. The van der Waals surface area contributed by atoms with Crippen LogP contribution >= 0.6 is 0 Å². The number of rotatable bonds is 2. The van der Waals surface area contributed by atoms with Crippen molar-refractivity contribution in [1.29, 1.82) is 0 Å². The molecule has 0 spiro atoms. The van der Waals surface area contributed by atoms with E-state index in [-0.39, 0.29) is 0 Å². The van der Waals surface area contributed by atoms with Crippen molar-refractivity contribution in [3.8, 4) is 11.3 Å². The SMILES string of the molecule is Cc1ccccc1-c1c2ccc(C3CC4CCC3C4)cc2cc[n+]1C. The quantitative estimate of drug-likeness (QED) is 0.544. The summed E-state index contributed by atoms with van der Waals surface area (Å²) in [4.78, 5) is 0. The van der Waals surface area contributed by atoms with Gasteiger partial charge in [0.25, 0.3) is 0 Å². The highest BCUT2D eigenvalue weighted by Crippen LogP contribution is 2.53. The monoisotopic (exact) mass is 328 g/mol. The summed E-state index contributed by atoms with van der Waals surface area (Å²) in [6, 6.07) is 18.3. The number of nitrogens with zero attached hydrogens (tertiary/aromatic N) is 1. The Hall–Kier alpha value is -2.15. The Morgan fingerprint density at radius 3 is 2.60 bits per heavy atom. The lowest BCUT2D eigenvalue weighted by Gasteiger charge is -2.22. The van der Waals surface area contributed by atoms with Crippen molar-refractivity contribution >= 4 is 10.8 Å². The second-order valence-electron chi connectivity index (χ2n) is 8.22. The molecule has 1 heterocycles. The van der Waals surface area contributed by atoms with Crippen LogP contribution in [0.5, 0.6) is 0 Å². The molecule has 1 aromatic heterocycles. The van der Waals surface area contributed by atoms with Crippen LogP contribution in [0.1, 0.15) is 42.7 Å². The van der Waals surface area contributed by atoms with Gasteiger partial charge in [-0.15, -0.1) is 0 Å². The zero-order valence-corrected chi connectivity index (χ0v) is 15.2. The van der Waals surface area contributed by atoms with Crippen LogP contribution in [0, 0.1) is 18.8 Å². The number of benzene rings is 2. The smallest absolute Gasteiger partial charge is 0.200 e. The minimum absolute atomic E-state index is 0.805. The zero-order valence-electron chi connectivity index (χ0n) is 15.2. The lowest BCUT2D eigenvalue weighted by Crippen LogP contribution is -2.30. The van der Waals surface area contributed by atoms with E-state index in [1.807, 2.05) is 0 Å². The minimum Gasteiger partial charge on any atom is -0.200 e. The van der Waals surface area contributed by atoms with E-state index < -0.39 is 0 Å². The first-order valence-electron chi connectivity index (χ1n) is 9.69. The van der Waals surface area contributed by atoms with Crippen LogP contribution in [-0.4, -0.2) is 0 Å². The third-order valence-corrected chi connectivity index (χ3v) is 6.73. The third-order valence-electron chi connectivity index (χ3n) is 6.73. The summed E-state index contributed by atoms with van der Waals surface area (Å²) in [5.74, 6) is 2.75. The molecule has 25 heavy (non-hydrogen) atoms. The van der Waals surface area contributed by atoms with Crippen LogP contribution in [0.4, 0.5) is 0 Å². The molecule has 1 nitrogen and oxygen atoms in total. The largest absolute Gasteiger partial charge is 0.220 e. The van der Waals surface area contributed by atoms with Crippen molar-refractivity contribution in [2.75, 3.05) is 0 Å². The maximum atomic E-state index is 2.47. The molecule has 2 aliphatic rings. The highest BCUT2D eigenvalue weighted by atomic mass is 14.9. The number of aryl methyl sites for hydroxylation is 2. The van der Waals surface area contributed by atoms with Crippen LogP contribution in [0.15, 0.2) is 54.7 Å². The Morgan fingerprint density at radius 1 is 0.960 bits per heavy atom. The Labute approximate surface area is 150 Å². The van der Waals surface area contributed by atoms with Gasteiger partial charge in [-0.1, -0.05) is 36.8 Å². The molecule has 3 aromatic rings. The molecule has 0 saturated heterocycles. The molecule has 0 radical (unpaired) electrons. The van der Waals surface area contributed by atoms with Crippen molar-refractivity contribution in [3.63, 3.8) is 0 Å². The van der Waals surface area contributed by atoms with E-state index in [1.54, 1.807) is 5.56 Å². The number of fused-ring (bicyclic) bond motifs is 3. The molecule has 2 aromatic carbocycles. The van der Waals surface area contributed by atoms with Crippen molar-refractivity contribution in [3.05, 3.63) is 65.9 Å². The molecule has 3 unspecified atom stereocenters. The van der Waals surface area contributed by atoms with E-state index in [9.17, 15) is 0 Å². The highest BCUT2D eigenvalue weighted by molar-refractivity contribution is 5.94. The fraction of sp³-hybridized carbons (Fsp3) is 0.375. The summed E-state index contributed by atoms with van der Waals surface area (Å²) in [7, 11) is 2.16. The fourth-order valence-electron chi connectivity index (χ4n) is 5.45. The van der Waals surface area contributed by atoms with Gasteiger partial charge in [-0.25, -0.2) is 4.57 Å². The molecule has 1 heteroatoms. The van der Waals surface area contributed by atoms with Gasteiger partial charge in [-0.3, -0.25) is 0 Å². The first kappa shape index (κ1) is 15.1. The molecule has 2 bridgehead atoms. The zero-order chi connectivity index (χ0) is 17.0. The fourth-order valence-corrected chi connectivity index (χ4v) is 5.45. The number of hydrogen-bond donors (Lipinski definition) is 0. The Morgan fingerprint density at radius 2 is 1.84 bits per heavy atom. The lowest BCUT2D eigenvalue weighted by atomic mass is 9.82. The highest BCUT2D eigenvalue weighted by Gasteiger charge is 2.40. The molecule has 2 saturated carbocycles. The van der Waals surface area contributed by atoms with E-state index in [0.717, 1.165) is 17.8 Å². The normalized spacial score (nSPS) is 25.0. The molecule has 2 fully saturated rings. The van der Waals surface area contributed by atoms with Gasteiger partial charge in [0.05, 0.1) is 5.39 Å². The first-order chi connectivity index (χ1) is 12.2. The molecule has 2 aliphatic carbocycles. The predicted octanol–water partition coefficient (Wildman–Crippen LogP) is 5.54. The van der Waals surface area contributed by atoms with Crippen LogP contribution in [0.3, 0.4) is 0 Å². The summed E-state index contributed by atoms with van der Waals surface area (Å²) in [6.07, 6.45) is 8.03. The van der Waals surface area contributed by atoms with Gasteiger partial charge in [-0.2, -0.15) is 0 Å². The van der Waals surface area contributed by atoms with Gasteiger partial charge in [0.15, 0.2) is 6.20 Å². The van der Waals surface area contributed by atoms with E-state index in [4.69, 9.17) is 0 Å². The summed E-state index contributed by atoms with van der Waals surface area (Å²) < 4.78 is 2.27. The maximum Gasteiger partial charge on any atom is 0.220 e. The molecule has 0 aliphatic heterocycles. The number of pyridine rings is 1. The first-order valence-corrected chi connectivity index (χ1v) is 9.69.